The molecule has 0 saturated carbocycles. The largest absolute Gasteiger partial charge is 0.496 e. The molecule has 0 amide bonds. The van der Waals surface area contributed by atoms with Crippen molar-refractivity contribution in [2.75, 3.05) is 12.9 Å². The summed E-state index contributed by atoms with van der Waals surface area (Å²) in [7, 11) is 1.68. The van der Waals surface area contributed by atoms with Gasteiger partial charge < -0.3 is 10.5 Å². The summed E-state index contributed by atoms with van der Waals surface area (Å²) in [6.07, 6.45) is 3.76. The van der Waals surface area contributed by atoms with Crippen LogP contribution >= 0.6 is 11.9 Å². The first-order valence-electron chi connectivity index (χ1n) is 8.19. The lowest BCUT2D eigenvalue weighted by Crippen LogP contribution is -2.33. The van der Waals surface area contributed by atoms with Gasteiger partial charge in [-0.3, -0.25) is 4.98 Å². The minimum atomic E-state index is 0.471. The number of methoxy groups -OCH3 is 1. The maximum atomic E-state index is 6.14. The molecule has 0 radical (unpaired) electrons. The molecular formula is C17H20N6OS. The highest BCUT2D eigenvalue weighted by Crippen LogP contribution is 2.34. The average Bonchev–Trinajstić information content (AvgIpc) is 2.92. The second kappa shape index (κ2) is 6.18. The molecule has 1 aromatic rings. The summed E-state index contributed by atoms with van der Waals surface area (Å²) in [6, 6.07) is 0. The molecule has 7 nitrogen and oxygen atoms in total. The minimum absolute atomic E-state index is 0.471. The number of aryl methyl sites for hydroxylation is 1. The third kappa shape index (κ3) is 2.70. The summed E-state index contributed by atoms with van der Waals surface area (Å²) in [6.45, 7) is 4.47. The first kappa shape index (κ1) is 16.1. The molecule has 0 saturated heterocycles. The standard InChI is InChI=1S/C17H20N6OS/c1-9-6-19-13(10(2)16(9)24-3)7-23-20-12-5-4-11-8-25-22-17(18)15(21-23)14(11)12/h6H,4-5,7-8H2,1-3H3,(H2,18,22). The van der Waals surface area contributed by atoms with Crippen molar-refractivity contribution in [1.29, 1.82) is 0 Å². The van der Waals surface area contributed by atoms with Crippen LogP contribution in [0.4, 0.5) is 0 Å². The number of ether oxygens (including phenoxy) is 1. The second-order valence-corrected chi connectivity index (χ2v) is 7.03. The third-order valence-electron chi connectivity index (χ3n) is 4.68. The summed E-state index contributed by atoms with van der Waals surface area (Å²) in [5.74, 6) is 2.20. The fourth-order valence-corrected chi connectivity index (χ4v) is 4.17. The van der Waals surface area contributed by atoms with Gasteiger partial charge in [-0.1, -0.05) is 0 Å². The van der Waals surface area contributed by atoms with E-state index in [0.717, 1.165) is 58.2 Å². The van der Waals surface area contributed by atoms with Gasteiger partial charge in [0.2, 0.25) is 0 Å². The van der Waals surface area contributed by atoms with Crippen molar-refractivity contribution < 1.29 is 4.74 Å². The summed E-state index contributed by atoms with van der Waals surface area (Å²) in [5, 5.41) is 11.1. The zero-order valence-corrected chi connectivity index (χ0v) is 15.4. The van der Waals surface area contributed by atoms with Crippen molar-refractivity contribution in [3.8, 4) is 5.75 Å². The zero-order valence-electron chi connectivity index (χ0n) is 14.5. The van der Waals surface area contributed by atoms with Crippen LogP contribution < -0.4 is 10.5 Å². The fraction of sp³-hybridized carbons (Fsp3) is 0.412. The van der Waals surface area contributed by atoms with Crippen molar-refractivity contribution >= 4 is 29.2 Å². The Morgan fingerprint density at radius 2 is 2.12 bits per heavy atom. The summed E-state index contributed by atoms with van der Waals surface area (Å²) in [4.78, 5) is 4.55. The molecule has 25 heavy (non-hydrogen) atoms. The van der Waals surface area contributed by atoms with Crippen molar-refractivity contribution in [3.63, 3.8) is 0 Å². The van der Waals surface area contributed by atoms with Crippen LogP contribution in [0, 0.1) is 13.8 Å². The zero-order chi connectivity index (χ0) is 17.6. The van der Waals surface area contributed by atoms with Crippen molar-refractivity contribution in [2.45, 2.75) is 33.2 Å². The van der Waals surface area contributed by atoms with Gasteiger partial charge in [0.1, 0.15) is 18.0 Å². The molecule has 1 aliphatic carbocycles. The molecule has 0 bridgehead atoms. The molecule has 4 rings (SSSR count). The predicted octanol–water partition coefficient (Wildman–Crippen LogP) is 2.34. The van der Waals surface area contributed by atoms with Gasteiger partial charge in [-0.15, -0.1) is 0 Å². The molecule has 8 heteroatoms. The molecule has 0 spiro atoms. The molecule has 0 aromatic carbocycles. The molecule has 3 aliphatic rings. The highest BCUT2D eigenvalue weighted by molar-refractivity contribution is 7.98. The Morgan fingerprint density at radius 1 is 1.28 bits per heavy atom. The van der Waals surface area contributed by atoms with E-state index in [2.05, 4.69) is 14.5 Å². The summed E-state index contributed by atoms with van der Waals surface area (Å²) in [5.41, 5.74) is 13.3. The topological polar surface area (TPSA) is 88.5 Å². The second-order valence-electron chi connectivity index (χ2n) is 6.30. The number of nitrogens with two attached hydrogens (primary N) is 1. The molecule has 3 heterocycles. The van der Waals surface area contributed by atoms with E-state index in [1.165, 1.54) is 17.5 Å². The number of pyridine rings is 1. The molecule has 0 fully saturated rings. The molecule has 2 N–H and O–H groups in total. The van der Waals surface area contributed by atoms with Gasteiger partial charge in [0.25, 0.3) is 0 Å². The lowest BCUT2D eigenvalue weighted by Gasteiger charge is -2.23. The van der Waals surface area contributed by atoms with E-state index < -0.39 is 0 Å². The predicted molar refractivity (Wildman–Crippen MR) is 101 cm³/mol. The van der Waals surface area contributed by atoms with Crippen LogP contribution in [-0.4, -0.2) is 40.2 Å². The quantitative estimate of drug-likeness (QED) is 0.840. The van der Waals surface area contributed by atoms with Gasteiger partial charge in [0.15, 0.2) is 5.84 Å². The van der Waals surface area contributed by atoms with Crippen LogP contribution in [0.1, 0.15) is 29.7 Å². The fourth-order valence-electron chi connectivity index (χ4n) is 3.44. The number of nitrogens with zero attached hydrogens (tertiary/aromatic N) is 5. The number of hydrogen-bond donors (Lipinski definition) is 1. The molecular weight excluding hydrogens is 336 g/mol. The molecule has 130 valence electrons. The van der Waals surface area contributed by atoms with Crippen LogP contribution in [0.5, 0.6) is 5.75 Å². The highest BCUT2D eigenvalue weighted by atomic mass is 32.2. The van der Waals surface area contributed by atoms with Crippen molar-refractivity contribution in [2.24, 2.45) is 20.3 Å². The Hall–Kier alpha value is -2.35. The Labute approximate surface area is 150 Å². The van der Waals surface area contributed by atoms with Crippen LogP contribution in [0.15, 0.2) is 31.9 Å². The minimum Gasteiger partial charge on any atom is -0.496 e. The van der Waals surface area contributed by atoms with E-state index in [-0.39, 0.29) is 0 Å². The van der Waals surface area contributed by atoms with Gasteiger partial charge in [0, 0.05) is 28.6 Å². The first-order valence-corrected chi connectivity index (χ1v) is 9.14. The monoisotopic (exact) mass is 356 g/mol. The Morgan fingerprint density at radius 3 is 2.92 bits per heavy atom. The maximum Gasteiger partial charge on any atom is 0.160 e. The van der Waals surface area contributed by atoms with Crippen molar-refractivity contribution in [1.82, 2.24) is 10.1 Å². The van der Waals surface area contributed by atoms with E-state index in [4.69, 9.17) is 15.6 Å². The van der Waals surface area contributed by atoms with Gasteiger partial charge in [-0.05, 0) is 44.2 Å². The first-order chi connectivity index (χ1) is 12.1. The van der Waals surface area contributed by atoms with Crippen LogP contribution in [0.3, 0.4) is 0 Å². The Bertz CT molecular complexity index is 870. The lowest BCUT2D eigenvalue weighted by atomic mass is 10.0. The third-order valence-corrected chi connectivity index (χ3v) is 5.48. The lowest BCUT2D eigenvalue weighted by molar-refractivity contribution is 0.288. The summed E-state index contributed by atoms with van der Waals surface area (Å²) >= 11 is 1.49. The molecule has 1 aromatic heterocycles. The number of hydrogen-bond acceptors (Lipinski definition) is 8. The van der Waals surface area contributed by atoms with E-state index in [9.17, 15) is 0 Å². The number of amidine groups is 1. The highest BCUT2D eigenvalue weighted by Gasteiger charge is 2.33. The van der Waals surface area contributed by atoms with E-state index >= 15 is 0 Å². The molecule has 0 unspecified atom stereocenters. The van der Waals surface area contributed by atoms with Crippen LogP contribution in [0.25, 0.3) is 0 Å². The number of aromatic nitrogens is 1. The van der Waals surface area contributed by atoms with E-state index in [1.54, 1.807) is 12.2 Å². The van der Waals surface area contributed by atoms with Gasteiger partial charge in [-0.25, -0.2) is 0 Å². The van der Waals surface area contributed by atoms with Crippen molar-refractivity contribution in [3.05, 3.63) is 34.2 Å². The van der Waals surface area contributed by atoms with Gasteiger partial charge >= 0.3 is 0 Å². The number of rotatable bonds is 3. The Balaban J connectivity index is 1.70. The van der Waals surface area contributed by atoms with Crippen LogP contribution in [0.2, 0.25) is 0 Å². The summed E-state index contributed by atoms with van der Waals surface area (Å²) < 4.78 is 9.84. The smallest absolute Gasteiger partial charge is 0.160 e. The SMILES string of the molecule is COc1c(C)cnc(CN2N=C3CCC4=C3C(=N2)C(N)=NSC4)c1C. The van der Waals surface area contributed by atoms with Gasteiger partial charge in [-0.2, -0.15) is 19.7 Å². The molecule has 2 aliphatic heterocycles. The maximum absolute atomic E-state index is 6.14. The Kier molecular flexibility index (Phi) is 3.99. The average molecular weight is 356 g/mol. The van der Waals surface area contributed by atoms with Crippen LogP contribution in [-0.2, 0) is 6.54 Å². The normalized spacial score (nSPS) is 19.2. The van der Waals surface area contributed by atoms with E-state index in [0.29, 0.717) is 12.4 Å². The van der Waals surface area contributed by atoms with E-state index in [1.807, 2.05) is 20.0 Å². The molecule has 0 atom stereocenters. The number of hydrazone groups is 2. The van der Waals surface area contributed by atoms with Gasteiger partial charge in [0.05, 0.1) is 18.5 Å².